The van der Waals surface area contributed by atoms with E-state index in [0.717, 1.165) is 15.5 Å². The summed E-state index contributed by atoms with van der Waals surface area (Å²) in [7, 11) is -5.04. The molecule has 0 bridgehead atoms. The van der Waals surface area contributed by atoms with Crippen LogP contribution in [0.25, 0.3) is 11.2 Å². The second-order valence-corrected chi connectivity index (χ2v) is 10.3. The Bertz CT molecular complexity index is 1570. The Morgan fingerprint density at radius 3 is 2.06 bits per heavy atom. The number of hydrogen-bond acceptors (Lipinski definition) is 16. The molecule has 2 aliphatic rings. The number of aromatic amines is 1. The smallest absolute Gasteiger partial charge is 0.412 e. The predicted molar refractivity (Wildman–Crippen MR) is 158 cm³/mol. The third kappa shape index (κ3) is 9.50. The van der Waals surface area contributed by atoms with Gasteiger partial charge in [0, 0.05) is 6.20 Å². The Morgan fingerprint density at radius 1 is 0.896 bits per heavy atom. The fourth-order valence-electron chi connectivity index (χ4n) is 4.42. The van der Waals surface area contributed by atoms with E-state index in [1.165, 1.54) is 12.3 Å². The number of nitrogens with one attached hydrogen (secondary N) is 1. The minimum atomic E-state index is -5.04. The molecule has 2 saturated heterocycles. The molecule has 282 valence electrons. The molecular weight excluding hydrogens is 691 g/mol. The number of aromatic nitrogens is 6. The van der Waals surface area contributed by atoms with Crippen molar-refractivity contribution in [3.8, 4) is 0 Å². The van der Waals surface area contributed by atoms with E-state index >= 15 is 0 Å². The molecule has 1 unspecified atom stereocenters. The minimum Gasteiger partial charge on any atom is -0.412 e. The summed E-state index contributed by atoms with van der Waals surface area (Å²) in [6, 6.07) is 1.26. The zero-order valence-electron chi connectivity index (χ0n) is 24.2. The number of phosphoric acid groups is 1. The van der Waals surface area contributed by atoms with E-state index in [9.17, 15) is 39.5 Å². The van der Waals surface area contributed by atoms with Crippen LogP contribution in [-0.2, 0) is 23.1 Å². The van der Waals surface area contributed by atoms with E-state index in [4.69, 9.17) is 30.0 Å². The number of fused-ring (bicyclic) bond motifs is 1. The number of aliphatic hydroxyl groups excluding tert-OH is 4. The van der Waals surface area contributed by atoms with Gasteiger partial charge in [0.1, 0.15) is 42.4 Å². The lowest BCUT2D eigenvalue weighted by Crippen LogP contribution is -2.37. The number of anilines is 2. The largest absolute Gasteiger partial charge is 0.472 e. The van der Waals surface area contributed by atoms with Crippen LogP contribution in [0.4, 0.5) is 11.8 Å². The maximum atomic E-state index is 12.8. The van der Waals surface area contributed by atoms with Crippen LogP contribution in [0.15, 0.2) is 28.2 Å². The molecule has 28 nitrogen and oxygen atoms in total. The van der Waals surface area contributed by atoms with Crippen molar-refractivity contribution in [3.05, 3.63) is 39.4 Å². The minimum absolute atomic E-state index is 0. The van der Waals surface area contributed by atoms with Gasteiger partial charge in [-0.25, -0.2) is 14.3 Å². The maximum Gasteiger partial charge on any atom is 0.472 e. The van der Waals surface area contributed by atoms with Crippen LogP contribution < -0.4 is 22.7 Å². The Labute approximate surface area is 265 Å². The summed E-state index contributed by atoms with van der Waals surface area (Å²) in [6.07, 6.45) is -9.84. The van der Waals surface area contributed by atoms with Crippen molar-refractivity contribution in [1.29, 1.82) is 0 Å². The maximum absolute atomic E-state index is 12.8. The lowest BCUT2D eigenvalue weighted by Gasteiger charge is -2.23. The Hall–Kier alpha value is -3.62. The van der Waals surface area contributed by atoms with Crippen molar-refractivity contribution in [2.45, 2.75) is 49.1 Å². The summed E-state index contributed by atoms with van der Waals surface area (Å²) in [5, 5.41) is 41.3. The van der Waals surface area contributed by atoms with E-state index in [0.29, 0.717) is 0 Å². The Kier molecular flexibility index (Phi) is 20.7. The lowest BCUT2D eigenvalue weighted by molar-refractivity contribution is -0.0609. The number of phosphoric ester groups is 1. The lowest BCUT2D eigenvalue weighted by atomic mass is 10.1. The van der Waals surface area contributed by atoms with Crippen molar-refractivity contribution in [2.75, 3.05) is 24.7 Å². The number of H-pyrrole nitrogens is 1. The summed E-state index contributed by atoms with van der Waals surface area (Å²) in [5.41, 5.74) is 9.29. The van der Waals surface area contributed by atoms with Gasteiger partial charge >= 0.3 is 13.5 Å². The van der Waals surface area contributed by atoms with Gasteiger partial charge in [0.25, 0.3) is 5.56 Å². The van der Waals surface area contributed by atoms with Crippen molar-refractivity contribution >= 4 is 30.8 Å². The molecule has 3 aromatic heterocycles. The number of hydrogen-bond donors (Lipinski definition) is 8. The van der Waals surface area contributed by atoms with Crippen LogP contribution >= 0.6 is 7.82 Å². The third-order valence-corrected chi connectivity index (χ3v) is 7.32. The predicted octanol–water partition coefficient (Wildman–Crippen LogP) is -10.7. The highest BCUT2D eigenvalue weighted by Gasteiger charge is 2.50. The van der Waals surface area contributed by atoms with Crippen LogP contribution in [0.2, 0.25) is 0 Å². The number of aliphatic hydroxyl groups is 4. The van der Waals surface area contributed by atoms with Crippen molar-refractivity contribution in [3.63, 3.8) is 0 Å². The first-order valence-corrected chi connectivity index (χ1v) is 13.1. The average Bonchev–Trinajstić information content (AvgIpc) is 3.53. The van der Waals surface area contributed by atoms with Gasteiger partial charge in [-0.2, -0.15) is 9.97 Å². The van der Waals surface area contributed by atoms with Gasteiger partial charge in [-0.05, 0) is 6.07 Å². The standard InChI is InChI=1S/C19H25N8O12P.8H2O/c20-8-1-2-26(19(33)23-8)16-11(30)10(29)7(38-16)4-36-40(34,35)39-13-6(3-28)37-17(12(13)31)27-5-22-9-14(27)24-18(21)25-15(9)32;;;;;;;;/h1-2,5-7,10-13,16-17,28-31H,3-4H2,(H,34,35)(H2,20,23,33)(H3,21,24,25,32);8*1H2/t6-,7-,10-,11-,12-,13-,16-,17-;;;;;;;;/m1......../s1. The first kappa shape index (κ1) is 51.2. The molecule has 0 amide bonds. The monoisotopic (exact) mass is 732 g/mol. The number of nitrogen functional groups attached to an aromatic ring is 2. The van der Waals surface area contributed by atoms with Gasteiger partial charge in [0.05, 0.1) is 19.5 Å². The highest BCUT2D eigenvalue weighted by molar-refractivity contribution is 7.47. The van der Waals surface area contributed by atoms with Gasteiger partial charge in [-0.3, -0.25) is 28.0 Å². The Morgan fingerprint density at radius 2 is 1.48 bits per heavy atom. The molecule has 9 atom stereocenters. The van der Waals surface area contributed by atoms with E-state index in [1.807, 2.05) is 0 Å². The highest BCUT2D eigenvalue weighted by atomic mass is 31.2. The molecule has 5 rings (SSSR count). The highest BCUT2D eigenvalue weighted by Crippen LogP contribution is 2.49. The zero-order chi connectivity index (χ0) is 28.9. The molecule has 0 radical (unpaired) electrons. The summed E-state index contributed by atoms with van der Waals surface area (Å²) < 4.78 is 35.8. The van der Waals surface area contributed by atoms with Crippen LogP contribution in [0, 0.1) is 0 Å². The van der Waals surface area contributed by atoms with E-state index in [2.05, 4.69) is 19.9 Å². The number of nitrogens with two attached hydrogens (primary N) is 2. The fourth-order valence-corrected chi connectivity index (χ4v) is 5.39. The summed E-state index contributed by atoms with van der Waals surface area (Å²) in [6.45, 7) is -1.56. The SMILES string of the molecule is Nc1ccn([C@@H]2O[C@H](COP(=O)(O)O[C@H]3[C@@H](O)[C@H](n4cnc5c(=O)[nH]c(N)nc54)O[C@@H]3CO)[C@@H](O)[C@H]2O)c(=O)n1.O.O.O.O.O.O.O.O. The molecule has 29 heteroatoms. The molecule has 3 aromatic rings. The second-order valence-electron chi connectivity index (χ2n) is 8.94. The van der Waals surface area contributed by atoms with E-state index < -0.39 is 81.4 Å². The number of ether oxygens (including phenoxy) is 2. The third-order valence-electron chi connectivity index (χ3n) is 6.33. The Balaban J connectivity index is -0.00000121. The molecule has 0 aromatic carbocycles. The second kappa shape index (κ2) is 19.4. The van der Waals surface area contributed by atoms with Crippen LogP contribution in [-0.4, -0.2) is 148 Å². The van der Waals surface area contributed by atoms with Crippen LogP contribution in [0.1, 0.15) is 12.5 Å². The molecule has 0 aliphatic carbocycles. The van der Waals surface area contributed by atoms with Crippen LogP contribution in [0.5, 0.6) is 0 Å². The molecule has 5 heterocycles. The topological polar surface area (TPSA) is 558 Å². The normalized spacial score (nSPS) is 26.7. The molecule has 0 saturated carbocycles. The van der Waals surface area contributed by atoms with Crippen molar-refractivity contribution < 1.29 is 92.2 Å². The fraction of sp³-hybridized carbons (Fsp3) is 0.526. The average molecular weight is 733 g/mol. The molecule has 2 aliphatic heterocycles. The van der Waals surface area contributed by atoms with Crippen LogP contribution in [0.3, 0.4) is 0 Å². The van der Waals surface area contributed by atoms with Gasteiger partial charge in [-0.1, -0.05) is 0 Å². The zero-order valence-corrected chi connectivity index (χ0v) is 25.1. The molecule has 0 spiro atoms. The van der Waals surface area contributed by atoms with Gasteiger partial charge in [-0.15, -0.1) is 0 Å². The van der Waals surface area contributed by atoms with E-state index in [1.54, 1.807) is 0 Å². The van der Waals surface area contributed by atoms with Gasteiger partial charge < -0.3 is 90.1 Å². The quantitative estimate of drug-likeness (QED) is 0.0996. The number of nitrogens with zero attached hydrogens (tertiary/aromatic N) is 5. The van der Waals surface area contributed by atoms with Gasteiger partial charge in [0.2, 0.25) is 5.95 Å². The first-order chi connectivity index (χ1) is 18.9. The van der Waals surface area contributed by atoms with Gasteiger partial charge in [0.15, 0.2) is 23.6 Å². The van der Waals surface area contributed by atoms with Crippen molar-refractivity contribution in [1.82, 2.24) is 29.1 Å². The summed E-state index contributed by atoms with van der Waals surface area (Å²) in [5.74, 6) is -0.322. The molecule has 26 N–H and O–H groups in total. The molecular formula is C19H41N8O20P. The number of rotatable bonds is 8. The summed E-state index contributed by atoms with van der Waals surface area (Å²) >= 11 is 0. The summed E-state index contributed by atoms with van der Waals surface area (Å²) in [4.78, 5) is 48.1. The molecule has 48 heavy (non-hydrogen) atoms. The molecule has 2 fully saturated rings. The van der Waals surface area contributed by atoms with Crippen molar-refractivity contribution in [2.24, 2.45) is 0 Å². The number of imidazole rings is 1. The van der Waals surface area contributed by atoms with E-state index in [-0.39, 0.29) is 66.7 Å². The first-order valence-electron chi connectivity index (χ1n) is 11.6.